The zero-order chi connectivity index (χ0) is 24.8. The number of nitrogens with one attached hydrogen (secondary N) is 2. The highest BCUT2D eigenvalue weighted by molar-refractivity contribution is 7.98. The molecule has 1 aromatic carbocycles. The van der Waals surface area contributed by atoms with Crippen LogP contribution in [0.15, 0.2) is 40.5 Å². The molecule has 35 heavy (non-hydrogen) atoms. The first-order valence-electron chi connectivity index (χ1n) is 11.3. The van der Waals surface area contributed by atoms with Gasteiger partial charge in [0.05, 0.1) is 29.6 Å². The predicted molar refractivity (Wildman–Crippen MR) is 134 cm³/mol. The van der Waals surface area contributed by atoms with Crippen LogP contribution in [0.2, 0.25) is 0 Å². The molecule has 11 nitrogen and oxygen atoms in total. The molecule has 0 saturated carbocycles. The van der Waals surface area contributed by atoms with Gasteiger partial charge in [0, 0.05) is 38.9 Å². The summed E-state index contributed by atoms with van der Waals surface area (Å²) in [5, 5.41) is 11.9. The standard InChI is InChI=1S/C22H29N7O4S2/c1-33-14-10-23-19-18-15-25-29(20(18)27-22(26-19)34-2)13-9-24-21(30)16-5-7-17(8-6-16)35(31,32)28-11-3-4-12-28/h5-8,15H,3-4,9-14H2,1-2H3,(H,24,30)(H,23,26,27). The Morgan fingerprint density at radius 1 is 1.14 bits per heavy atom. The molecule has 1 fully saturated rings. The van der Waals surface area contributed by atoms with Gasteiger partial charge in [-0.25, -0.2) is 23.1 Å². The summed E-state index contributed by atoms with van der Waals surface area (Å²) in [5.74, 6) is 0.406. The number of thioether (sulfide) groups is 1. The number of benzene rings is 1. The third kappa shape index (κ3) is 5.74. The summed E-state index contributed by atoms with van der Waals surface area (Å²) in [4.78, 5) is 21.9. The number of fused-ring (bicyclic) bond motifs is 1. The number of rotatable bonds is 11. The van der Waals surface area contributed by atoms with Gasteiger partial charge in [-0.2, -0.15) is 9.40 Å². The van der Waals surface area contributed by atoms with Crippen molar-refractivity contribution in [3.8, 4) is 0 Å². The van der Waals surface area contributed by atoms with Crippen LogP contribution in [0.5, 0.6) is 0 Å². The first-order valence-corrected chi connectivity index (χ1v) is 14.0. The number of hydrogen-bond acceptors (Lipinski definition) is 9. The number of anilines is 1. The molecule has 0 bridgehead atoms. The number of nitrogens with zero attached hydrogens (tertiary/aromatic N) is 5. The molecular weight excluding hydrogens is 490 g/mol. The molecule has 2 aromatic heterocycles. The maximum absolute atomic E-state index is 12.7. The van der Waals surface area contributed by atoms with Gasteiger partial charge in [0.15, 0.2) is 10.8 Å². The number of carbonyl (C=O) groups is 1. The molecular formula is C22H29N7O4S2. The van der Waals surface area contributed by atoms with Gasteiger partial charge in [0.2, 0.25) is 10.0 Å². The average molecular weight is 520 g/mol. The third-order valence-electron chi connectivity index (χ3n) is 5.69. The third-order valence-corrected chi connectivity index (χ3v) is 8.15. The number of methoxy groups -OCH3 is 1. The smallest absolute Gasteiger partial charge is 0.251 e. The molecule has 0 spiro atoms. The fraction of sp³-hybridized carbons (Fsp3) is 0.455. The summed E-state index contributed by atoms with van der Waals surface area (Å²) >= 11 is 1.44. The van der Waals surface area contributed by atoms with E-state index in [0.29, 0.717) is 61.5 Å². The van der Waals surface area contributed by atoms with Crippen LogP contribution in [0.1, 0.15) is 23.2 Å². The van der Waals surface area contributed by atoms with E-state index in [-0.39, 0.29) is 10.8 Å². The van der Waals surface area contributed by atoms with E-state index in [9.17, 15) is 13.2 Å². The van der Waals surface area contributed by atoms with Gasteiger partial charge < -0.3 is 15.4 Å². The first-order chi connectivity index (χ1) is 16.9. The second-order valence-electron chi connectivity index (χ2n) is 7.97. The van der Waals surface area contributed by atoms with Gasteiger partial charge in [0.1, 0.15) is 5.82 Å². The molecule has 0 unspecified atom stereocenters. The number of hydrogen-bond donors (Lipinski definition) is 2. The van der Waals surface area contributed by atoms with Crippen molar-refractivity contribution in [2.75, 3.05) is 51.5 Å². The fourth-order valence-electron chi connectivity index (χ4n) is 3.83. The maximum Gasteiger partial charge on any atom is 0.251 e. The van der Waals surface area contributed by atoms with E-state index in [4.69, 9.17) is 4.74 Å². The van der Waals surface area contributed by atoms with E-state index in [1.807, 2.05) is 6.26 Å². The van der Waals surface area contributed by atoms with Crippen LogP contribution in [0.25, 0.3) is 11.0 Å². The zero-order valence-corrected chi connectivity index (χ0v) is 21.4. The molecule has 188 valence electrons. The van der Waals surface area contributed by atoms with E-state index in [0.717, 1.165) is 18.2 Å². The molecule has 3 aromatic rings. The van der Waals surface area contributed by atoms with Crippen LogP contribution in [0.4, 0.5) is 5.82 Å². The number of amides is 1. The Hall–Kier alpha value is -2.74. The fourth-order valence-corrected chi connectivity index (χ4v) is 5.71. The van der Waals surface area contributed by atoms with Crippen LogP contribution in [0.3, 0.4) is 0 Å². The molecule has 4 rings (SSSR count). The van der Waals surface area contributed by atoms with Gasteiger partial charge in [-0.05, 0) is 43.4 Å². The first kappa shape index (κ1) is 25.4. The molecule has 1 aliphatic heterocycles. The Bertz CT molecular complexity index is 1270. The van der Waals surface area contributed by atoms with Crippen molar-refractivity contribution in [3.63, 3.8) is 0 Å². The summed E-state index contributed by atoms with van der Waals surface area (Å²) < 4.78 is 33.6. The molecule has 0 aliphatic carbocycles. The number of aromatic nitrogens is 4. The molecule has 3 heterocycles. The lowest BCUT2D eigenvalue weighted by Crippen LogP contribution is -2.29. The number of sulfonamides is 1. The van der Waals surface area contributed by atoms with Crippen molar-refractivity contribution in [2.24, 2.45) is 0 Å². The van der Waals surface area contributed by atoms with Gasteiger partial charge in [-0.1, -0.05) is 11.8 Å². The Balaban J connectivity index is 1.39. The zero-order valence-electron chi connectivity index (χ0n) is 19.7. The van der Waals surface area contributed by atoms with Crippen molar-refractivity contribution in [1.82, 2.24) is 29.4 Å². The molecule has 0 atom stereocenters. The lowest BCUT2D eigenvalue weighted by molar-refractivity contribution is 0.0952. The van der Waals surface area contributed by atoms with Crippen LogP contribution < -0.4 is 10.6 Å². The maximum atomic E-state index is 12.7. The average Bonchev–Trinajstić information content (AvgIpc) is 3.55. The highest BCUT2D eigenvalue weighted by atomic mass is 32.2. The second-order valence-corrected chi connectivity index (χ2v) is 10.7. The highest BCUT2D eigenvalue weighted by Gasteiger charge is 2.27. The summed E-state index contributed by atoms with van der Waals surface area (Å²) in [6.45, 7) is 2.98. The Morgan fingerprint density at radius 3 is 2.57 bits per heavy atom. The minimum absolute atomic E-state index is 0.207. The van der Waals surface area contributed by atoms with Crippen molar-refractivity contribution in [2.45, 2.75) is 29.4 Å². The van der Waals surface area contributed by atoms with Crippen LogP contribution >= 0.6 is 11.8 Å². The van der Waals surface area contributed by atoms with Crippen LogP contribution in [0, 0.1) is 0 Å². The summed E-state index contributed by atoms with van der Waals surface area (Å²) in [6, 6.07) is 6.06. The lowest BCUT2D eigenvalue weighted by atomic mass is 10.2. The quantitative estimate of drug-likeness (QED) is 0.221. The number of ether oxygens (including phenoxy) is 1. The normalized spacial score (nSPS) is 14.5. The van der Waals surface area contributed by atoms with E-state index in [1.54, 1.807) is 18.0 Å². The molecule has 1 saturated heterocycles. The molecule has 13 heteroatoms. The topological polar surface area (TPSA) is 131 Å². The molecule has 2 N–H and O–H groups in total. The van der Waals surface area contributed by atoms with Gasteiger partial charge in [0.25, 0.3) is 5.91 Å². The minimum Gasteiger partial charge on any atom is -0.383 e. The van der Waals surface area contributed by atoms with E-state index < -0.39 is 10.0 Å². The Labute approximate surface area is 208 Å². The lowest BCUT2D eigenvalue weighted by Gasteiger charge is -2.15. The monoisotopic (exact) mass is 519 g/mol. The highest BCUT2D eigenvalue weighted by Crippen LogP contribution is 2.23. The minimum atomic E-state index is -3.50. The van der Waals surface area contributed by atoms with Crippen LogP contribution in [-0.2, 0) is 21.3 Å². The molecule has 1 aliphatic rings. The summed E-state index contributed by atoms with van der Waals surface area (Å²) in [6.07, 6.45) is 5.36. The van der Waals surface area contributed by atoms with E-state index in [1.165, 1.54) is 40.3 Å². The Morgan fingerprint density at radius 2 is 1.89 bits per heavy atom. The van der Waals surface area contributed by atoms with Crippen molar-refractivity contribution in [3.05, 3.63) is 36.0 Å². The molecule has 1 amide bonds. The van der Waals surface area contributed by atoms with Crippen molar-refractivity contribution < 1.29 is 17.9 Å². The van der Waals surface area contributed by atoms with Crippen LogP contribution in [-0.4, -0.2) is 84.5 Å². The van der Waals surface area contributed by atoms with E-state index in [2.05, 4.69) is 25.7 Å². The van der Waals surface area contributed by atoms with Gasteiger partial charge >= 0.3 is 0 Å². The largest absolute Gasteiger partial charge is 0.383 e. The summed E-state index contributed by atoms with van der Waals surface area (Å²) in [7, 11) is -1.86. The SMILES string of the molecule is COCCNc1nc(SC)nc2c1cnn2CCNC(=O)c1ccc(S(=O)(=O)N2CCCC2)cc1. The summed E-state index contributed by atoms with van der Waals surface area (Å²) in [5.41, 5.74) is 1.07. The van der Waals surface area contributed by atoms with Crippen molar-refractivity contribution in [1.29, 1.82) is 0 Å². The predicted octanol–water partition coefficient (Wildman–Crippen LogP) is 1.82. The Kier molecular flexibility index (Phi) is 8.21. The second kappa shape index (κ2) is 11.3. The van der Waals surface area contributed by atoms with E-state index >= 15 is 0 Å². The van der Waals surface area contributed by atoms with Gasteiger partial charge in [-0.3, -0.25) is 4.79 Å². The van der Waals surface area contributed by atoms with Gasteiger partial charge in [-0.15, -0.1) is 0 Å². The van der Waals surface area contributed by atoms with Crippen molar-refractivity contribution >= 4 is 44.5 Å². The molecule has 0 radical (unpaired) electrons. The number of carbonyl (C=O) groups excluding carboxylic acids is 1.